The summed E-state index contributed by atoms with van der Waals surface area (Å²) in [5.41, 5.74) is 0. The van der Waals surface area contributed by atoms with Gasteiger partial charge in [-0.15, -0.1) is 0 Å². The highest BCUT2D eigenvalue weighted by Crippen LogP contribution is 2.31. The Bertz CT molecular complexity index is 417. The van der Waals surface area contributed by atoms with E-state index in [0.29, 0.717) is 0 Å². The van der Waals surface area contributed by atoms with E-state index in [2.05, 4.69) is 10.1 Å². The van der Waals surface area contributed by atoms with Gasteiger partial charge in [0.05, 0.1) is 25.9 Å². The maximum Gasteiger partial charge on any atom is 0.366 e. The minimum Gasteiger partial charge on any atom is -0.465 e. The fourth-order valence-corrected chi connectivity index (χ4v) is 2.29. The molecular weight excluding hydrogens is 302 g/mol. The van der Waals surface area contributed by atoms with E-state index in [-0.39, 0.29) is 0 Å². The molecule has 10 nitrogen and oxygen atoms in total. The lowest BCUT2D eigenvalue weighted by atomic mass is 9.88. The Morgan fingerprint density at radius 2 is 2.05 bits per heavy atom. The molecule has 6 N–H and O–H groups in total. The number of carbonyl (C=O) groups is 2. The molecule has 0 bridgehead atoms. The lowest BCUT2D eigenvalue weighted by Gasteiger charge is -2.45. The van der Waals surface area contributed by atoms with Crippen molar-refractivity contribution in [3.63, 3.8) is 0 Å². The lowest BCUT2D eigenvalue weighted by Crippen LogP contribution is -2.67. The zero-order valence-corrected chi connectivity index (χ0v) is 12.2. The van der Waals surface area contributed by atoms with Crippen molar-refractivity contribution in [2.24, 2.45) is 0 Å². The number of aliphatic hydroxyl groups is 5. The van der Waals surface area contributed by atoms with E-state index >= 15 is 0 Å². The van der Waals surface area contributed by atoms with E-state index in [1.165, 1.54) is 0 Å². The Morgan fingerprint density at radius 1 is 1.45 bits per heavy atom. The molecule has 0 aliphatic carbocycles. The molecule has 1 heterocycles. The molecule has 0 aromatic rings. The molecule has 10 heteroatoms. The van der Waals surface area contributed by atoms with Crippen LogP contribution in [0.2, 0.25) is 0 Å². The van der Waals surface area contributed by atoms with Crippen LogP contribution in [0.3, 0.4) is 0 Å². The Labute approximate surface area is 126 Å². The molecule has 1 aliphatic rings. The van der Waals surface area contributed by atoms with Gasteiger partial charge in [0.2, 0.25) is 5.91 Å². The molecule has 128 valence electrons. The van der Waals surface area contributed by atoms with Crippen LogP contribution in [-0.2, 0) is 19.1 Å². The number of carbonyl (C=O) groups excluding carboxylic acids is 2. The summed E-state index contributed by atoms with van der Waals surface area (Å²) in [6.45, 7) is 0.320. The third-order valence-electron chi connectivity index (χ3n) is 3.38. The summed E-state index contributed by atoms with van der Waals surface area (Å²) in [6.07, 6.45) is -7.09. The van der Waals surface area contributed by atoms with Crippen molar-refractivity contribution in [1.82, 2.24) is 5.32 Å². The van der Waals surface area contributed by atoms with Gasteiger partial charge in [-0.2, -0.15) is 0 Å². The van der Waals surface area contributed by atoms with Crippen molar-refractivity contribution in [1.29, 1.82) is 0 Å². The maximum absolute atomic E-state index is 11.6. The summed E-state index contributed by atoms with van der Waals surface area (Å²) in [4.78, 5) is 22.8. The highest BCUT2D eigenvalue weighted by molar-refractivity contribution is 5.78. The van der Waals surface area contributed by atoms with Gasteiger partial charge in [0.25, 0.3) is 5.79 Å². The van der Waals surface area contributed by atoms with Crippen LogP contribution in [0.4, 0.5) is 0 Å². The van der Waals surface area contributed by atoms with Crippen LogP contribution in [0, 0.1) is 0 Å². The molecule has 0 radical (unpaired) electrons. The smallest absolute Gasteiger partial charge is 0.366 e. The predicted molar refractivity (Wildman–Crippen MR) is 69.2 cm³/mol. The van der Waals surface area contributed by atoms with E-state index in [4.69, 9.17) is 9.84 Å². The zero-order chi connectivity index (χ0) is 17.1. The third kappa shape index (κ3) is 3.91. The number of hydrogen-bond acceptors (Lipinski definition) is 9. The van der Waals surface area contributed by atoms with Crippen molar-refractivity contribution in [3.8, 4) is 0 Å². The van der Waals surface area contributed by atoms with Crippen molar-refractivity contribution >= 4 is 11.9 Å². The predicted octanol–water partition coefficient (Wildman–Crippen LogP) is -3.78. The van der Waals surface area contributed by atoms with Crippen LogP contribution in [0.25, 0.3) is 0 Å². The molecule has 1 unspecified atom stereocenters. The summed E-state index contributed by atoms with van der Waals surface area (Å²) in [5, 5.41) is 50.8. The highest BCUT2D eigenvalue weighted by atomic mass is 16.7. The Balaban J connectivity index is 3.09. The normalized spacial score (nSPS) is 34.6. The van der Waals surface area contributed by atoms with Gasteiger partial charge in [-0.25, -0.2) is 4.79 Å². The van der Waals surface area contributed by atoms with Gasteiger partial charge in [0.15, 0.2) is 0 Å². The number of methoxy groups -OCH3 is 1. The van der Waals surface area contributed by atoms with Crippen LogP contribution in [-0.4, -0.2) is 87.4 Å². The summed E-state index contributed by atoms with van der Waals surface area (Å²) < 4.78 is 9.45. The molecule has 22 heavy (non-hydrogen) atoms. The molecule has 0 aromatic carbocycles. The largest absolute Gasteiger partial charge is 0.465 e. The standard InChI is InChI=1S/C12H21NO9/c1-5(15)13-8-6(16)3-12(20,11(19)21-2)22-10(8)9(18)7(17)4-14/h6-10,14,16-18,20H,3-4H2,1-2H3,(H,13,15)/t6?,7-,8-,9-,10+,12+/m1/s1. The average Bonchev–Trinajstić information content (AvgIpc) is 2.46. The van der Waals surface area contributed by atoms with Crippen LogP contribution in [0.15, 0.2) is 0 Å². The molecule has 1 fully saturated rings. The molecule has 1 rings (SSSR count). The molecule has 0 aromatic heterocycles. The molecule has 1 amide bonds. The SMILES string of the molecule is COC(=O)[C@]1(O)CC(O)[C@@H](NC(C)=O)[C@@H]([C@H](O)[C@H](O)CO)O1. The van der Waals surface area contributed by atoms with Gasteiger partial charge in [-0.3, -0.25) is 4.79 Å². The highest BCUT2D eigenvalue weighted by Gasteiger charge is 2.54. The average molecular weight is 323 g/mol. The van der Waals surface area contributed by atoms with Crippen LogP contribution in [0.1, 0.15) is 13.3 Å². The van der Waals surface area contributed by atoms with E-state index in [1.807, 2.05) is 0 Å². The van der Waals surface area contributed by atoms with Crippen molar-refractivity contribution in [2.45, 2.75) is 49.6 Å². The summed E-state index contributed by atoms with van der Waals surface area (Å²) in [7, 11) is 0.990. The quantitative estimate of drug-likeness (QED) is 0.278. The van der Waals surface area contributed by atoms with Crippen LogP contribution >= 0.6 is 0 Å². The number of aliphatic hydroxyl groups excluding tert-OH is 4. The van der Waals surface area contributed by atoms with Gasteiger partial charge in [-0.1, -0.05) is 0 Å². The molecule has 1 saturated heterocycles. The fraction of sp³-hybridized carbons (Fsp3) is 0.833. The number of rotatable bonds is 5. The van der Waals surface area contributed by atoms with Gasteiger partial charge in [-0.05, 0) is 0 Å². The molecule has 0 saturated carbocycles. The topological polar surface area (TPSA) is 166 Å². The minimum atomic E-state index is -2.55. The summed E-state index contributed by atoms with van der Waals surface area (Å²) >= 11 is 0. The van der Waals surface area contributed by atoms with Gasteiger partial charge in [0.1, 0.15) is 18.3 Å². The van der Waals surface area contributed by atoms with E-state index in [9.17, 15) is 30.0 Å². The van der Waals surface area contributed by atoms with Crippen LogP contribution in [0.5, 0.6) is 0 Å². The van der Waals surface area contributed by atoms with E-state index < -0.39 is 61.1 Å². The monoisotopic (exact) mass is 323 g/mol. The lowest BCUT2D eigenvalue weighted by molar-refractivity contribution is -0.296. The third-order valence-corrected chi connectivity index (χ3v) is 3.38. The van der Waals surface area contributed by atoms with E-state index in [1.54, 1.807) is 0 Å². The first kappa shape index (κ1) is 18.7. The number of esters is 1. The second kappa shape index (κ2) is 7.31. The molecule has 6 atom stereocenters. The van der Waals surface area contributed by atoms with Crippen molar-refractivity contribution < 1.29 is 44.6 Å². The fourth-order valence-electron chi connectivity index (χ4n) is 2.29. The van der Waals surface area contributed by atoms with Crippen molar-refractivity contribution in [2.75, 3.05) is 13.7 Å². The second-order valence-electron chi connectivity index (χ2n) is 5.10. The minimum absolute atomic E-state index is 0.563. The number of ether oxygens (including phenoxy) is 2. The zero-order valence-electron chi connectivity index (χ0n) is 12.2. The summed E-state index contributed by atoms with van der Waals surface area (Å²) in [6, 6.07) is -1.21. The summed E-state index contributed by atoms with van der Waals surface area (Å²) in [5.74, 6) is -4.32. The Morgan fingerprint density at radius 3 is 2.50 bits per heavy atom. The van der Waals surface area contributed by atoms with Gasteiger partial charge in [0, 0.05) is 13.3 Å². The first-order valence-corrected chi connectivity index (χ1v) is 6.57. The first-order chi connectivity index (χ1) is 10.2. The number of nitrogens with one attached hydrogen (secondary N) is 1. The second-order valence-corrected chi connectivity index (χ2v) is 5.10. The molecule has 1 aliphatic heterocycles. The van der Waals surface area contributed by atoms with Crippen molar-refractivity contribution in [3.05, 3.63) is 0 Å². The Kier molecular flexibility index (Phi) is 6.23. The van der Waals surface area contributed by atoms with E-state index in [0.717, 1.165) is 14.0 Å². The van der Waals surface area contributed by atoms with Crippen LogP contribution < -0.4 is 5.32 Å². The van der Waals surface area contributed by atoms with Gasteiger partial charge >= 0.3 is 5.97 Å². The maximum atomic E-state index is 11.6. The molecule has 0 spiro atoms. The number of hydrogen-bond donors (Lipinski definition) is 6. The van der Waals surface area contributed by atoms with Gasteiger partial charge < -0.3 is 40.3 Å². The molecular formula is C12H21NO9. The first-order valence-electron chi connectivity index (χ1n) is 6.57. The Hall–Kier alpha value is -1.30. The number of amides is 1.